The Morgan fingerprint density at radius 3 is 2.47 bits per heavy atom. The fourth-order valence-corrected chi connectivity index (χ4v) is 5.71. The van der Waals surface area contributed by atoms with Crippen molar-refractivity contribution in [1.29, 1.82) is 0 Å². The number of fused-ring (bicyclic) bond motifs is 2. The molecule has 11 heteroatoms. The molecule has 2 aliphatic heterocycles. The summed E-state index contributed by atoms with van der Waals surface area (Å²) in [5, 5.41) is 13.3. The number of carboxylic acids is 1. The summed E-state index contributed by atoms with van der Waals surface area (Å²) < 4.78 is 40.9. The van der Waals surface area contributed by atoms with Crippen LogP contribution in [0.15, 0.2) is 28.8 Å². The highest BCUT2D eigenvalue weighted by molar-refractivity contribution is 6.28. The van der Waals surface area contributed by atoms with Gasteiger partial charge in [0.2, 0.25) is 5.28 Å². The molecule has 1 saturated carbocycles. The topological polar surface area (TPSA) is 102 Å². The smallest absolute Gasteiger partial charge is 0.354 e. The van der Waals surface area contributed by atoms with Crippen molar-refractivity contribution >= 4 is 23.4 Å². The van der Waals surface area contributed by atoms with Crippen LogP contribution < -0.4 is 4.90 Å². The van der Waals surface area contributed by atoms with E-state index in [0.29, 0.717) is 30.0 Å². The van der Waals surface area contributed by atoms with Crippen molar-refractivity contribution in [3.8, 4) is 11.3 Å². The van der Waals surface area contributed by atoms with Gasteiger partial charge in [0.25, 0.3) is 0 Å². The van der Waals surface area contributed by atoms with E-state index in [1.165, 1.54) is 24.3 Å². The van der Waals surface area contributed by atoms with Crippen LogP contribution in [-0.2, 0) is 11.3 Å². The van der Waals surface area contributed by atoms with Crippen LogP contribution in [0.2, 0.25) is 5.28 Å². The van der Waals surface area contributed by atoms with Gasteiger partial charge in [0.05, 0.1) is 18.3 Å². The van der Waals surface area contributed by atoms with E-state index in [2.05, 4.69) is 20.0 Å². The quantitative estimate of drug-likeness (QED) is 0.419. The Kier molecular flexibility index (Phi) is 5.88. The summed E-state index contributed by atoms with van der Waals surface area (Å²) in [6.07, 6.45) is 5.05. The molecule has 3 aliphatic rings. The Balaban J connectivity index is 1.21. The lowest BCUT2D eigenvalue weighted by Crippen LogP contribution is -2.46. The van der Waals surface area contributed by atoms with Gasteiger partial charge >= 0.3 is 5.97 Å². The summed E-state index contributed by atoms with van der Waals surface area (Å²) in [6.45, 7) is 0.144. The van der Waals surface area contributed by atoms with E-state index < -0.39 is 17.6 Å². The van der Waals surface area contributed by atoms with Crippen molar-refractivity contribution in [3.05, 3.63) is 58.2 Å². The maximum atomic E-state index is 14.5. The molecular weight excluding hydrogens is 494 g/mol. The second-order valence-corrected chi connectivity index (χ2v) is 9.97. The van der Waals surface area contributed by atoms with Crippen LogP contribution in [0.5, 0.6) is 0 Å². The van der Waals surface area contributed by atoms with E-state index >= 15 is 0 Å². The van der Waals surface area contributed by atoms with Gasteiger partial charge in [0.1, 0.15) is 28.9 Å². The number of hydrogen-bond acceptors (Lipinski definition) is 7. The Morgan fingerprint density at radius 1 is 1.14 bits per heavy atom. The number of carboxylic acid groups (broad SMARTS) is 1. The van der Waals surface area contributed by atoms with Crippen LogP contribution in [0.4, 0.5) is 14.6 Å². The van der Waals surface area contributed by atoms with E-state index in [0.717, 1.165) is 25.7 Å². The van der Waals surface area contributed by atoms with Gasteiger partial charge in [0, 0.05) is 29.6 Å². The van der Waals surface area contributed by atoms with Crippen molar-refractivity contribution in [3.63, 3.8) is 0 Å². The molecule has 6 rings (SSSR count). The number of ether oxygens (including phenoxy) is 1. The van der Waals surface area contributed by atoms with Crippen molar-refractivity contribution < 1.29 is 27.9 Å². The Morgan fingerprint density at radius 2 is 1.83 bits per heavy atom. The third-order valence-electron chi connectivity index (χ3n) is 7.29. The summed E-state index contributed by atoms with van der Waals surface area (Å²) >= 11 is 5.99. The molecule has 8 nitrogen and oxygen atoms in total. The molecule has 3 fully saturated rings. The average Bonchev–Trinajstić information content (AvgIpc) is 3.54. The third kappa shape index (κ3) is 4.22. The number of anilines is 1. The third-order valence-corrected chi connectivity index (χ3v) is 7.46. The van der Waals surface area contributed by atoms with Gasteiger partial charge in [-0.15, -0.1) is 0 Å². The molecule has 2 atom stereocenters. The molecular formula is C25H23ClF2N4O4. The van der Waals surface area contributed by atoms with Gasteiger partial charge < -0.3 is 19.3 Å². The van der Waals surface area contributed by atoms with Gasteiger partial charge in [-0.2, -0.15) is 0 Å². The Hall–Kier alpha value is -3.11. The number of benzene rings is 1. The summed E-state index contributed by atoms with van der Waals surface area (Å²) in [7, 11) is 0. The standard InChI is InChI=1S/C25H23ClF2N4O4/c26-25-29-19(24(33)34)10-20(30-25)32-13-6-7-14(32)9-15(8-13)35-11-16-22(31-36-23(16)12-4-5-12)21-17(27)2-1-3-18(21)28/h1-3,10,12-15H,4-9,11H2,(H,33,34). The first-order chi connectivity index (χ1) is 17.4. The molecule has 0 radical (unpaired) electrons. The molecule has 1 N–H and O–H groups in total. The van der Waals surface area contributed by atoms with Crippen molar-refractivity contribution in [2.75, 3.05) is 4.90 Å². The number of carbonyl (C=O) groups is 1. The summed E-state index contributed by atoms with van der Waals surface area (Å²) in [4.78, 5) is 21.6. The molecule has 36 heavy (non-hydrogen) atoms. The second-order valence-electron chi connectivity index (χ2n) is 9.63. The van der Waals surface area contributed by atoms with Gasteiger partial charge in [-0.05, 0) is 62.3 Å². The highest BCUT2D eigenvalue weighted by Gasteiger charge is 2.43. The van der Waals surface area contributed by atoms with Crippen LogP contribution in [0, 0.1) is 11.6 Å². The van der Waals surface area contributed by atoms with Crippen molar-refractivity contribution in [2.45, 2.75) is 69.2 Å². The van der Waals surface area contributed by atoms with Gasteiger partial charge in [-0.1, -0.05) is 11.2 Å². The van der Waals surface area contributed by atoms with Gasteiger partial charge in [0.15, 0.2) is 5.69 Å². The number of hydrogen-bond donors (Lipinski definition) is 1. The Bertz CT molecular complexity index is 1300. The van der Waals surface area contributed by atoms with Crippen LogP contribution in [0.3, 0.4) is 0 Å². The summed E-state index contributed by atoms with van der Waals surface area (Å²) in [6, 6.07) is 5.40. The number of piperidine rings is 1. The fraction of sp³-hybridized carbons (Fsp3) is 0.440. The molecule has 0 amide bonds. The normalized spacial score (nSPS) is 23.3. The van der Waals surface area contributed by atoms with Gasteiger partial charge in [-0.25, -0.2) is 23.5 Å². The first kappa shape index (κ1) is 23.3. The van der Waals surface area contributed by atoms with Crippen LogP contribution in [0.1, 0.15) is 66.3 Å². The molecule has 2 aromatic heterocycles. The van der Waals surface area contributed by atoms with Crippen LogP contribution >= 0.6 is 11.6 Å². The molecule has 2 unspecified atom stereocenters. The molecule has 4 heterocycles. The van der Waals surface area contributed by atoms with Gasteiger partial charge in [-0.3, -0.25) is 0 Å². The molecule has 3 aromatic rings. The van der Waals surface area contributed by atoms with Crippen LogP contribution in [-0.4, -0.2) is 44.4 Å². The van der Waals surface area contributed by atoms with E-state index in [1.54, 1.807) is 0 Å². The number of aromatic nitrogens is 3. The zero-order valence-corrected chi connectivity index (χ0v) is 19.9. The van der Waals surface area contributed by atoms with E-state index in [1.807, 2.05) is 0 Å². The maximum Gasteiger partial charge on any atom is 0.354 e. The molecule has 1 aliphatic carbocycles. The zero-order chi connectivity index (χ0) is 25.0. The monoisotopic (exact) mass is 516 g/mol. The summed E-state index contributed by atoms with van der Waals surface area (Å²) in [5.74, 6) is -1.20. The largest absolute Gasteiger partial charge is 0.477 e. The van der Waals surface area contributed by atoms with Crippen LogP contribution in [0.25, 0.3) is 11.3 Å². The Labute approximate surface area is 210 Å². The molecule has 2 saturated heterocycles. The minimum Gasteiger partial charge on any atom is -0.477 e. The highest BCUT2D eigenvalue weighted by Crippen LogP contribution is 2.45. The SMILES string of the molecule is O=C(O)c1cc(N2C3CCC2CC(OCc2c(-c4c(F)cccc4F)noc2C2CC2)C3)nc(Cl)n1. The number of halogens is 3. The first-order valence-electron chi connectivity index (χ1n) is 12.0. The first-order valence-corrected chi connectivity index (χ1v) is 12.4. The zero-order valence-electron chi connectivity index (χ0n) is 19.2. The van der Waals surface area contributed by atoms with Crippen molar-refractivity contribution in [1.82, 2.24) is 15.1 Å². The maximum absolute atomic E-state index is 14.5. The number of nitrogens with zero attached hydrogens (tertiary/aromatic N) is 4. The minimum atomic E-state index is -1.16. The average molecular weight is 517 g/mol. The molecule has 1 aromatic carbocycles. The minimum absolute atomic E-state index is 0.0877. The molecule has 188 valence electrons. The molecule has 2 bridgehead atoms. The molecule has 0 spiro atoms. The van der Waals surface area contributed by atoms with Crippen molar-refractivity contribution in [2.24, 2.45) is 0 Å². The van der Waals surface area contributed by atoms with E-state index in [9.17, 15) is 18.7 Å². The second kappa shape index (κ2) is 9.08. The van der Waals surface area contributed by atoms with E-state index in [4.69, 9.17) is 20.9 Å². The lowest BCUT2D eigenvalue weighted by molar-refractivity contribution is 0.0145. The lowest BCUT2D eigenvalue weighted by atomic mass is 9.99. The summed E-state index contributed by atoms with van der Waals surface area (Å²) in [5.41, 5.74) is 0.418. The predicted molar refractivity (Wildman–Crippen MR) is 125 cm³/mol. The highest BCUT2D eigenvalue weighted by atomic mass is 35.5. The predicted octanol–water partition coefficient (Wildman–Crippen LogP) is 5.36. The number of rotatable bonds is 7. The fourth-order valence-electron chi connectivity index (χ4n) is 5.53. The number of aromatic carboxylic acids is 1. The van der Waals surface area contributed by atoms with E-state index in [-0.39, 0.29) is 52.9 Å². The lowest BCUT2D eigenvalue weighted by Gasteiger charge is -2.39.